The molecule has 7 nitrogen and oxygen atoms in total. The molecule has 0 N–H and O–H groups in total. The first-order valence-corrected chi connectivity index (χ1v) is 11.3. The van der Waals surface area contributed by atoms with Gasteiger partial charge in [-0.2, -0.15) is 0 Å². The summed E-state index contributed by atoms with van der Waals surface area (Å²) in [5, 5.41) is 3.95. The Morgan fingerprint density at radius 2 is 1.76 bits per heavy atom. The lowest BCUT2D eigenvalue weighted by atomic mass is 9.98. The summed E-state index contributed by atoms with van der Waals surface area (Å²) in [6, 6.07) is 11.4. The summed E-state index contributed by atoms with van der Waals surface area (Å²) in [6.45, 7) is 10.3. The maximum Gasteiger partial charge on any atom is 0.254 e. The molecule has 0 unspecified atom stereocenters. The smallest absolute Gasteiger partial charge is 0.254 e. The predicted molar refractivity (Wildman–Crippen MR) is 124 cm³/mol. The van der Waals surface area contributed by atoms with Crippen molar-refractivity contribution in [3.05, 3.63) is 70.1 Å². The van der Waals surface area contributed by atoms with Crippen LogP contribution in [0.5, 0.6) is 17.2 Å². The lowest BCUT2D eigenvalue weighted by Gasteiger charge is -2.30. The van der Waals surface area contributed by atoms with Crippen molar-refractivity contribution in [2.75, 3.05) is 19.8 Å². The molecule has 33 heavy (non-hydrogen) atoms. The Bertz CT molecular complexity index is 1120. The Balaban J connectivity index is 1.48. The molecule has 4 rings (SSSR count). The maximum absolute atomic E-state index is 13.3. The van der Waals surface area contributed by atoms with Crippen LogP contribution in [0, 0.1) is 13.8 Å². The molecule has 3 aromatic rings. The fourth-order valence-electron chi connectivity index (χ4n) is 4.04. The molecule has 0 saturated carbocycles. The second kappa shape index (κ2) is 9.98. The van der Waals surface area contributed by atoms with Crippen molar-refractivity contribution >= 4 is 5.91 Å². The monoisotopic (exact) mass is 450 g/mol. The molecule has 2 aromatic carbocycles. The number of ether oxygens (including phenoxy) is 3. The molecular formula is C26H30N2O5. The van der Waals surface area contributed by atoms with Crippen LogP contribution in [0.25, 0.3) is 0 Å². The Hall–Kier alpha value is -3.48. The van der Waals surface area contributed by atoms with Crippen LogP contribution in [0.4, 0.5) is 0 Å². The number of rotatable bonds is 8. The van der Waals surface area contributed by atoms with Crippen molar-refractivity contribution in [2.45, 2.75) is 47.3 Å². The summed E-state index contributed by atoms with van der Waals surface area (Å²) >= 11 is 0. The van der Waals surface area contributed by atoms with E-state index < -0.39 is 0 Å². The average Bonchev–Trinajstić information content (AvgIpc) is 3.15. The van der Waals surface area contributed by atoms with Gasteiger partial charge in [-0.3, -0.25) is 4.79 Å². The van der Waals surface area contributed by atoms with Crippen molar-refractivity contribution in [1.82, 2.24) is 10.1 Å². The highest BCUT2D eigenvalue weighted by Crippen LogP contribution is 2.34. The van der Waals surface area contributed by atoms with Gasteiger partial charge in [0.25, 0.3) is 5.91 Å². The molecule has 0 radical (unpaired) electrons. The van der Waals surface area contributed by atoms with Gasteiger partial charge in [0.15, 0.2) is 11.5 Å². The number of aryl methyl sites for hydroxylation is 2. The van der Waals surface area contributed by atoms with Crippen LogP contribution in [-0.2, 0) is 19.6 Å². The topological polar surface area (TPSA) is 74.0 Å². The lowest BCUT2D eigenvalue weighted by molar-refractivity contribution is 0.0733. The Morgan fingerprint density at radius 1 is 1.03 bits per heavy atom. The zero-order valence-electron chi connectivity index (χ0n) is 19.6. The third-order valence-electron chi connectivity index (χ3n) is 5.81. The van der Waals surface area contributed by atoms with E-state index in [4.69, 9.17) is 18.7 Å². The zero-order chi connectivity index (χ0) is 23.4. The van der Waals surface area contributed by atoms with E-state index in [-0.39, 0.29) is 5.91 Å². The van der Waals surface area contributed by atoms with Crippen molar-refractivity contribution in [2.24, 2.45) is 0 Å². The number of carbonyl (C=O) groups excluding carboxylic acids is 1. The van der Waals surface area contributed by atoms with Crippen molar-refractivity contribution in [3.63, 3.8) is 0 Å². The lowest BCUT2D eigenvalue weighted by Crippen LogP contribution is -2.36. The zero-order valence-corrected chi connectivity index (χ0v) is 19.6. The van der Waals surface area contributed by atoms with Gasteiger partial charge in [-0.05, 0) is 75.6 Å². The molecule has 0 atom stereocenters. The third kappa shape index (κ3) is 4.97. The normalized spacial score (nSPS) is 12.9. The highest BCUT2D eigenvalue weighted by atomic mass is 16.5. The minimum Gasteiger partial charge on any atom is -0.490 e. The van der Waals surface area contributed by atoms with Crippen LogP contribution in [0.15, 0.2) is 40.9 Å². The van der Waals surface area contributed by atoms with E-state index in [0.29, 0.717) is 44.2 Å². The minimum absolute atomic E-state index is 0.0183. The van der Waals surface area contributed by atoms with Crippen molar-refractivity contribution < 1.29 is 23.5 Å². The summed E-state index contributed by atoms with van der Waals surface area (Å²) in [6.07, 6.45) is 0.774. The van der Waals surface area contributed by atoms with Gasteiger partial charge in [-0.15, -0.1) is 0 Å². The highest BCUT2D eigenvalue weighted by molar-refractivity contribution is 5.94. The molecule has 0 fully saturated rings. The molecule has 2 heterocycles. The Morgan fingerprint density at radius 3 is 2.42 bits per heavy atom. The largest absolute Gasteiger partial charge is 0.490 e. The SMILES string of the molecule is CCOc1cc2c(cc1OCC)CN(C(=O)c1cccc(OCc3c(C)noc3C)c1)CC2. The minimum atomic E-state index is -0.0183. The van der Waals surface area contributed by atoms with Crippen LogP contribution in [-0.4, -0.2) is 35.7 Å². The second-order valence-corrected chi connectivity index (χ2v) is 8.03. The first-order chi connectivity index (χ1) is 16.0. The standard InChI is InChI=1S/C26H30N2O5/c1-5-30-24-13-19-10-11-28(15-21(19)14-25(24)31-6-2)26(29)20-8-7-9-22(12-20)32-16-23-17(3)27-33-18(23)4/h7-9,12-14H,5-6,10-11,15-16H2,1-4H3. The van der Waals surface area contributed by atoms with Gasteiger partial charge in [-0.1, -0.05) is 11.2 Å². The summed E-state index contributed by atoms with van der Waals surface area (Å²) < 4.78 is 22.6. The van der Waals surface area contributed by atoms with Crippen LogP contribution >= 0.6 is 0 Å². The molecule has 1 aliphatic heterocycles. The van der Waals surface area contributed by atoms with E-state index in [1.54, 1.807) is 6.07 Å². The summed E-state index contributed by atoms with van der Waals surface area (Å²) in [4.78, 5) is 15.1. The van der Waals surface area contributed by atoms with Gasteiger partial charge in [-0.25, -0.2) is 0 Å². The molecule has 7 heteroatoms. The molecule has 0 spiro atoms. The maximum atomic E-state index is 13.3. The van der Waals surface area contributed by atoms with Gasteiger partial charge in [0, 0.05) is 18.7 Å². The van der Waals surface area contributed by atoms with Gasteiger partial charge < -0.3 is 23.6 Å². The third-order valence-corrected chi connectivity index (χ3v) is 5.81. The fourth-order valence-corrected chi connectivity index (χ4v) is 4.04. The van der Waals surface area contributed by atoms with Gasteiger partial charge >= 0.3 is 0 Å². The van der Waals surface area contributed by atoms with E-state index in [1.807, 2.05) is 56.9 Å². The first kappa shape index (κ1) is 22.7. The number of aromatic nitrogens is 1. The molecule has 1 aliphatic rings. The van der Waals surface area contributed by atoms with Crippen molar-refractivity contribution in [3.8, 4) is 17.2 Å². The summed E-state index contributed by atoms with van der Waals surface area (Å²) in [5.74, 6) is 2.85. The van der Waals surface area contributed by atoms with Crippen molar-refractivity contribution in [1.29, 1.82) is 0 Å². The fraction of sp³-hybridized carbons (Fsp3) is 0.385. The second-order valence-electron chi connectivity index (χ2n) is 8.03. The Kier molecular flexibility index (Phi) is 6.87. The Labute approximate surface area is 194 Å². The van der Waals surface area contributed by atoms with E-state index in [1.165, 1.54) is 5.56 Å². The molecule has 0 saturated heterocycles. The van der Waals surface area contributed by atoms with Crippen LogP contribution in [0.2, 0.25) is 0 Å². The molecule has 1 amide bonds. The summed E-state index contributed by atoms with van der Waals surface area (Å²) in [5.41, 5.74) is 4.63. The number of hydrogen-bond acceptors (Lipinski definition) is 6. The van der Waals surface area contributed by atoms with Gasteiger partial charge in [0.1, 0.15) is 18.1 Å². The number of benzene rings is 2. The van der Waals surface area contributed by atoms with E-state index in [2.05, 4.69) is 11.2 Å². The number of fused-ring (bicyclic) bond motifs is 1. The van der Waals surface area contributed by atoms with Crippen LogP contribution in [0.1, 0.15) is 52.3 Å². The average molecular weight is 451 g/mol. The number of amides is 1. The van der Waals surface area contributed by atoms with Crippen LogP contribution in [0.3, 0.4) is 0 Å². The number of hydrogen-bond donors (Lipinski definition) is 0. The number of nitrogens with zero attached hydrogens (tertiary/aromatic N) is 2. The first-order valence-electron chi connectivity index (χ1n) is 11.3. The summed E-state index contributed by atoms with van der Waals surface area (Å²) in [7, 11) is 0. The van der Waals surface area contributed by atoms with E-state index >= 15 is 0 Å². The molecular weight excluding hydrogens is 420 g/mol. The predicted octanol–water partition coefficient (Wildman–Crippen LogP) is 4.87. The molecule has 0 aliphatic carbocycles. The van der Waals surface area contributed by atoms with Crippen LogP contribution < -0.4 is 14.2 Å². The molecule has 1 aromatic heterocycles. The molecule has 174 valence electrons. The molecule has 0 bridgehead atoms. The highest BCUT2D eigenvalue weighted by Gasteiger charge is 2.24. The quantitative estimate of drug-likeness (QED) is 0.488. The van der Waals surface area contributed by atoms with E-state index in [0.717, 1.165) is 40.5 Å². The van der Waals surface area contributed by atoms with Gasteiger partial charge in [0.05, 0.1) is 24.5 Å². The van der Waals surface area contributed by atoms with E-state index in [9.17, 15) is 4.79 Å². The van der Waals surface area contributed by atoms with Gasteiger partial charge in [0.2, 0.25) is 0 Å². The number of carbonyl (C=O) groups is 1.